The smallest absolute Gasteiger partial charge is 0.0616 e. The summed E-state index contributed by atoms with van der Waals surface area (Å²) in [5.41, 5.74) is 1.18. The van der Waals surface area contributed by atoms with E-state index in [4.69, 9.17) is 27.9 Å². The summed E-state index contributed by atoms with van der Waals surface area (Å²) < 4.78 is 5.27. The average Bonchev–Trinajstić information content (AvgIpc) is 2.39. The van der Waals surface area contributed by atoms with Crippen LogP contribution in [0.1, 0.15) is 44.7 Å². The summed E-state index contributed by atoms with van der Waals surface area (Å²) in [6.07, 6.45) is 3.24. The fraction of sp³-hybridized carbons (Fsp3) is 0.600. The van der Waals surface area contributed by atoms with E-state index in [-0.39, 0.29) is 6.04 Å². The van der Waals surface area contributed by atoms with Gasteiger partial charge in [-0.25, -0.2) is 0 Å². The molecule has 0 aliphatic heterocycles. The largest absolute Gasteiger partial charge is 0.383 e. The third-order valence-corrected chi connectivity index (χ3v) is 3.94. The molecule has 4 heteroatoms. The zero-order chi connectivity index (χ0) is 14.3. The molecule has 0 aliphatic carbocycles. The summed E-state index contributed by atoms with van der Waals surface area (Å²) in [4.78, 5) is 0. The number of halogens is 2. The van der Waals surface area contributed by atoms with Crippen molar-refractivity contribution in [3.05, 3.63) is 33.8 Å². The van der Waals surface area contributed by atoms with Crippen molar-refractivity contribution in [2.45, 2.75) is 45.2 Å². The van der Waals surface area contributed by atoms with Gasteiger partial charge in [-0.2, -0.15) is 0 Å². The molecule has 0 fully saturated rings. The first kappa shape index (κ1) is 16.8. The average molecular weight is 304 g/mol. The van der Waals surface area contributed by atoms with Crippen LogP contribution in [0.25, 0.3) is 0 Å². The molecule has 108 valence electrons. The minimum absolute atomic E-state index is 0.279. The van der Waals surface area contributed by atoms with E-state index in [1.54, 1.807) is 7.11 Å². The standard InChI is InChI=1S/C15H23Cl2NO/c1-4-6-12(10-19-3)18-15(5-2)11-7-8-13(16)14(17)9-11/h7-9,12,15,18H,4-6,10H2,1-3H3. The molecule has 1 aromatic carbocycles. The third-order valence-electron chi connectivity index (χ3n) is 3.20. The van der Waals surface area contributed by atoms with Crippen molar-refractivity contribution >= 4 is 23.2 Å². The lowest BCUT2D eigenvalue weighted by atomic mass is 10.0. The summed E-state index contributed by atoms with van der Waals surface area (Å²) in [7, 11) is 1.74. The zero-order valence-electron chi connectivity index (χ0n) is 11.9. The lowest BCUT2D eigenvalue weighted by Crippen LogP contribution is -2.36. The van der Waals surface area contributed by atoms with Gasteiger partial charge in [-0.05, 0) is 30.5 Å². The molecule has 0 saturated carbocycles. The predicted octanol–water partition coefficient (Wildman–Crippen LogP) is 4.85. The second-order valence-electron chi connectivity index (χ2n) is 4.74. The number of hydrogen-bond acceptors (Lipinski definition) is 2. The van der Waals surface area contributed by atoms with Crippen LogP contribution in [0.5, 0.6) is 0 Å². The number of ether oxygens (including phenoxy) is 1. The Morgan fingerprint density at radius 1 is 1.21 bits per heavy atom. The first-order chi connectivity index (χ1) is 9.12. The highest BCUT2D eigenvalue weighted by molar-refractivity contribution is 6.42. The second-order valence-corrected chi connectivity index (χ2v) is 5.56. The highest BCUT2D eigenvalue weighted by atomic mass is 35.5. The number of methoxy groups -OCH3 is 1. The quantitative estimate of drug-likeness (QED) is 0.741. The van der Waals surface area contributed by atoms with Crippen LogP contribution < -0.4 is 5.32 Å². The van der Waals surface area contributed by atoms with E-state index < -0.39 is 0 Å². The van der Waals surface area contributed by atoms with E-state index in [1.165, 1.54) is 5.56 Å². The molecule has 0 heterocycles. The maximum absolute atomic E-state index is 6.09. The molecular weight excluding hydrogens is 281 g/mol. The minimum Gasteiger partial charge on any atom is -0.383 e. The predicted molar refractivity (Wildman–Crippen MR) is 83.2 cm³/mol. The van der Waals surface area contributed by atoms with Crippen LogP contribution in [-0.4, -0.2) is 19.8 Å². The number of benzene rings is 1. The highest BCUT2D eigenvalue weighted by Gasteiger charge is 2.16. The van der Waals surface area contributed by atoms with Crippen molar-refractivity contribution in [3.8, 4) is 0 Å². The Hall–Kier alpha value is -0.280. The van der Waals surface area contributed by atoms with Crippen LogP contribution in [-0.2, 0) is 4.74 Å². The molecular formula is C15H23Cl2NO. The first-order valence-corrected chi connectivity index (χ1v) is 7.57. The van der Waals surface area contributed by atoms with Crippen molar-refractivity contribution < 1.29 is 4.74 Å². The van der Waals surface area contributed by atoms with E-state index in [0.717, 1.165) is 25.9 Å². The Kier molecular flexibility index (Phi) is 7.77. The van der Waals surface area contributed by atoms with Crippen LogP contribution in [0, 0.1) is 0 Å². The molecule has 0 bridgehead atoms. The van der Waals surface area contributed by atoms with Gasteiger partial charge in [-0.1, -0.05) is 49.5 Å². The van der Waals surface area contributed by atoms with Crippen LogP contribution >= 0.6 is 23.2 Å². The summed E-state index contributed by atoms with van der Waals surface area (Å²) >= 11 is 12.1. The Labute approximate surface area is 126 Å². The van der Waals surface area contributed by atoms with Gasteiger partial charge in [0.25, 0.3) is 0 Å². The van der Waals surface area contributed by atoms with Crippen molar-refractivity contribution in [2.24, 2.45) is 0 Å². The fourth-order valence-corrected chi connectivity index (χ4v) is 2.53. The van der Waals surface area contributed by atoms with Crippen molar-refractivity contribution in [1.82, 2.24) is 5.32 Å². The van der Waals surface area contributed by atoms with E-state index >= 15 is 0 Å². The van der Waals surface area contributed by atoms with Crippen LogP contribution in [0.3, 0.4) is 0 Å². The molecule has 0 aliphatic rings. The van der Waals surface area contributed by atoms with Gasteiger partial charge in [0.15, 0.2) is 0 Å². The van der Waals surface area contributed by atoms with Gasteiger partial charge in [0.05, 0.1) is 16.7 Å². The number of rotatable bonds is 8. The molecule has 2 unspecified atom stereocenters. The van der Waals surface area contributed by atoms with Gasteiger partial charge >= 0.3 is 0 Å². The lowest BCUT2D eigenvalue weighted by Gasteiger charge is -2.25. The summed E-state index contributed by atoms with van der Waals surface area (Å²) in [6, 6.07) is 6.48. The van der Waals surface area contributed by atoms with Crippen LogP contribution in [0.4, 0.5) is 0 Å². The van der Waals surface area contributed by atoms with Crippen LogP contribution in [0.15, 0.2) is 18.2 Å². The van der Waals surface area contributed by atoms with E-state index in [0.29, 0.717) is 16.1 Å². The highest BCUT2D eigenvalue weighted by Crippen LogP contribution is 2.27. The zero-order valence-corrected chi connectivity index (χ0v) is 13.4. The lowest BCUT2D eigenvalue weighted by molar-refractivity contribution is 0.155. The molecule has 1 rings (SSSR count). The van der Waals surface area contributed by atoms with Crippen LogP contribution in [0.2, 0.25) is 10.0 Å². The Balaban J connectivity index is 2.77. The first-order valence-electron chi connectivity index (χ1n) is 6.82. The third kappa shape index (κ3) is 5.31. The maximum Gasteiger partial charge on any atom is 0.0616 e. The topological polar surface area (TPSA) is 21.3 Å². The van der Waals surface area contributed by atoms with Gasteiger partial charge in [-0.15, -0.1) is 0 Å². The fourth-order valence-electron chi connectivity index (χ4n) is 2.23. The summed E-state index contributed by atoms with van der Waals surface area (Å²) in [5.74, 6) is 0. The summed E-state index contributed by atoms with van der Waals surface area (Å²) in [6.45, 7) is 5.08. The molecule has 1 N–H and O–H groups in total. The van der Waals surface area contributed by atoms with E-state index in [2.05, 4.69) is 19.2 Å². The molecule has 0 spiro atoms. The molecule has 0 saturated heterocycles. The Morgan fingerprint density at radius 2 is 1.95 bits per heavy atom. The Morgan fingerprint density at radius 3 is 2.47 bits per heavy atom. The molecule has 0 radical (unpaired) electrons. The minimum atomic E-state index is 0.279. The maximum atomic E-state index is 6.09. The van der Waals surface area contributed by atoms with Gasteiger partial charge in [0, 0.05) is 19.2 Å². The number of nitrogens with one attached hydrogen (secondary N) is 1. The monoisotopic (exact) mass is 303 g/mol. The molecule has 2 nitrogen and oxygen atoms in total. The van der Waals surface area contributed by atoms with E-state index in [9.17, 15) is 0 Å². The van der Waals surface area contributed by atoms with Crippen molar-refractivity contribution in [3.63, 3.8) is 0 Å². The van der Waals surface area contributed by atoms with Gasteiger partial charge in [0.1, 0.15) is 0 Å². The normalized spacial score (nSPS) is 14.4. The molecule has 0 amide bonds. The molecule has 2 atom stereocenters. The second kappa shape index (κ2) is 8.80. The molecule has 19 heavy (non-hydrogen) atoms. The van der Waals surface area contributed by atoms with Crippen molar-refractivity contribution in [1.29, 1.82) is 0 Å². The van der Waals surface area contributed by atoms with Gasteiger partial charge < -0.3 is 10.1 Å². The molecule has 0 aromatic heterocycles. The SMILES string of the molecule is CCCC(COC)NC(CC)c1ccc(Cl)c(Cl)c1. The summed E-state index contributed by atoms with van der Waals surface area (Å²) in [5, 5.41) is 4.85. The molecule has 1 aromatic rings. The van der Waals surface area contributed by atoms with E-state index in [1.807, 2.05) is 18.2 Å². The Bertz CT molecular complexity index is 378. The van der Waals surface area contributed by atoms with Crippen molar-refractivity contribution in [2.75, 3.05) is 13.7 Å². The van der Waals surface area contributed by atoms with Gasteiger partial charge in [-0.3, -0.25) is 0 Å². The number of hydrogen-bond donors (Lipinski definition) is 1. The van der Waals surface area contributed by atoms with Gasteiger partial charge in [0.2, 0.25) is 0 Å².